The van der Waals surface area contributed by atoms with Crippen LogP contribution in [0, 0.1) is 0 Å². The van der Waals surface area contributed by atoms with Crippen LogP contribution in [0.1, 0.15) is 25.7 Å². The molecule has 0 unspecified atom stereocenters. The number of hydrogen-bond donors (Lipinski definition) is 1. The molecule has 1 saturated carbocycles. The summed E-state index contributed by atoms with van der Waals surface area (Å²) in [5, 5.41) is 8.92. The molecule has 1 saturated heterocycles. The smallest absolute Gasteiger partial charge is 0.407 e. The topological polar surface area (TPSA) is 71.9 Å². The molecule has 6 nitrogen and oxygen atoms in total. The van der Waals surface area contributed by atoms with Crippen molar-refractivity contribution in [2.24, 2.45) is 0 Å². The zero-order chi connectivity index (χ0) is 15.5. The van der Waals surface area contributed by atoms with Crippen LogP contribution in [0.25, 0.3) is 0 Å². The first-order valence-electron chi connectivity index (χ1n) is 7.51. The summed E-state index contributed by atoms with van der Waals surface area (Å²) < 4.78 is 12.8. The van der Waals surface area contributed by atoms with Crippen molar-refractivity contribution >= 4 is 22.0 Å². The number of amides is 1. The highest BCUT2D eigenvalue weighted by atomic mass is 79.9. The van der Waals surface area contributed by atoms with E-state index in [0.29, 0.717) is 19.0 Å². The molecule has 0 spiro atoms. The normalized spacial score (nSPS) is 25.6. The predicted molar refractivity (Wildman–Crippen MR) is 83.1 cm³/mol. The molecule has 0 aromatic carbocycles. The van der Waals surface area contributed by atoms with Crippen molar-refractivity contribution in [1.29, 1.82) is 0 Å². The third-order valence-corrected chi connectivity index (χ3v) is 4.63. The van der Waals surface area contributed by atoms with Crippen molar-refractivity contribution in [3.05, 3.63) is 22.8 Å². The molecule has 120 valence electrons. The van der Waals surface area contributed by atoms with E-state index in [1.54, 1.807) is 6.20 Å². The van der Waals surface area contributed by atoms with Gasteiger partial charge in [-0.3, -0.25) is 0 Å². The lowest BCUT2D eigenvalue weighted by atomic mass is 9.91. The molecule has 22 heavy (non-hydrogen) atoms. The second-order valence-corrected chi connectivity index (χ2v) is 6.67. The molecule has 1 aromatic rings. The number of likely N-dealkylation sites (tertiary alicyclic amines) is 1. The first kappa shape index (κ1) is 15.6. The van der Waals surface area contributed by atoms with Crippen LogP contribution in [0.5, 0.6) is 5.88 Å². The number of halogens is 1. The van der Waals surface area contributed by atoms with E-state index in [9.17, 15) is 4.79 Å². The highest BCUT2D eigenvalue weighted by Gasteiger charge is 2.35. The molecule has 1 aliphatic heterocycles. The van der Waals surface area contributed by atoms with E-state index in [1.165, 1.54) is 4.90 Å². The predicted octanol–water partition coefficient (Wildman–Crippen LogP) is 2.91. The average molecular weight is 371 g/mol. The lowest BCUT2D eigenvalue weighted by Gasteiger charge is -2.39. The van der Waals surface area contributed by atoms with Gasteiger partial charge in [0.25, 0.3) is 0 Å². The summed E-state index contributed by atoms with van der Waals surface area (Å²) in [7, 11) is 0. The van der Waals surface area contributed by atoms with Gasteiger partial charge in [-0.25, -0.2) is 9.78 Å². The Kier molecular flexibility index (Phi) is 4.83. The minimum atomic E-state index is -0.836. The molecule has 2 heterocycles. The zero-order valence-electron chi connectivity index (χ0n) is 12.2. The van der Waals surface area contributed by atoms with Crippen molar-refractivity contribution < 1.29 is 19.4 Å². The summed E-state index contributed by atoms with van der Waals surface area (Å²) in [6.07, 6.45) is 4.72. The van der Waals surface area contributed by atoms with E-state index in [-0.39, 0.29) is 18.3 Å². The molecule has 3 rings (SSSR count). The van der Waals surface area contributed by atoms with E-state index in [0.717, 1.165) is 30.2 Å². The van der Waals surface area contributed by atoms with E-state index in [1.807, 2.05) is 12.1 Å². The van der Waals surface area contributed by atoms with Crippen LogP contribution in [0.4, 0.5) is 4.79 Å². The molecule has 1 aromatic heterocycles. The number of ether oxygens (including phenoxy) is 2. The standard InChI is InChI=1S/C15H19BrN2O4/c16-10-1-4-17-14(7-10)22-13-8-12(9-13)21-11-2-5-18(6-3-11)15(19)20/h1,4,7,11-13H,2-3,5-6,8-9H2,(H,19,20). The van der Waals surface area contributed by atoms with Crippen molar-refractivity contribution in [3.8, 4) is 5.88 Å². The Morgan fingerprint density at radius 3 is 2.64 bits per heavy atom. The lowest BCUT2D eigenvalue weighted by molar-refractivity contribution is -0.109. The maximum atomic E-state index is 10.9. The molecule has 0 bridgehead atoms. The van der Waals surface area contributed by atoms with E-state index < -0.39 is 6.09 Å². The summed E-state index contributed by atoms with van der Waals surface area (Å²) in [6, 6.07) is 3.72. The van der Waals surface area contributed by atoms with Crippen molar-refractivity contribution in [2.45, 2.75) is 44.0 Å². The summed E-state index contributed by atoms with van der Waals surface area (Å²) in [5.74, 6) is 0.632. The van der Waals surface area contributed by atoms with Crippen LogP contribution in [0.3, 0.4) is 0 Å². The van der Waals surface area contributed by atoms with Gasteiger partial charge in [0.1, 0.15) is 6.10 Å². The van der Waals surface area contributed by atoms with Crippen LogP contribution in [0.2, 0.25) is 0 Å². The molecule has 1 aliphatic carbocycles. The zero-order valence-corrected chi connectivity index (χ0v) is 13.7. The van der Waals surface area contributed by atoms with Crippen molar-refractivity contribution in [1.82, 2.24) is 9.88 Å². The van der Waals surface area contributed by atoms with Crippen LogP contribution >= 0.6 is 15.9 Å². The van der Waals surface area contributed by atoms with E-state index >= 15 is 0 Å². The van der Waals surface area contributed by atoms with Gasteiger partial charge in [0, 0.05) is 42.7 Å². The highest BCUT2D eigenvalue weighted by Crippen LogP contribution is 2.30. The number of pyridine rings is 1. The van der Waals surface area contributed by atoms with Gasteiger partial charge in [-0.15, -0.1) is 0 Å². The molecular weight excluding hydrogens is 352 g/mol. The van der Waals surface area contributed by atoms with Crippen LogP contribution in [-0.4, -0.2) is 52.5 Å². The fourth-order valence-corrected chi connectivity index (χ4v) is 3.11. The number of carboxylic acid groups (broad SMARTS) is 1. The lowest BCUT2D eigenvalue weighted by Crippen LogP contribution is -2.45. The Balaban J connectivity index is 1.37. The van der Waals surface area contributed by atoms with Gasteiger partial charge in [-0.05, 0) is 18.9 Å². The third kappa shape index (κ3) is 3.89. The van der Waals surface area contributed by atoms with Gasteiger partial charge in [-0.1, -0.05) is 15.9 Å². The van der Waals surface area contributed by atoms with E-state index in [4.69, 9.17) is 14.6 Å². The number of hydrogen-bond acceptors (Lipinski definition) is 4. The average Bonchev–Trinajstić information content (AvgIpc) is 2.45. The number of rotatable bonds is 4. The molecule has 2 fully saturated rings. The number of aromatic nitrogens is 1. The van der Waals surface area contributed by atoms with Gasteiger partial charge in [0.2, 0.25) is 5.88 Å². The minimum absolute atomic E-state index is 0.158. The first-order chi connectivity index (χ1) is 10.6. The Morgan fingerprint density at radius 1 is 1.27 bits per heavy atom. The van der Waals surface area contributed by atoms with Gasteiger partial charge >= 0.3 is 6.09 Å². The summed E-state index contributed by atoms with van der Waals surface area (Å²) in [4.78, 5) is 16.5. The molecule has 1 N–H and O–H groups in total. The Labute approximate surface area is 137 Å². The first-order valence-corrected chi connectivity index (χ1v) is 8.31. The van der Waals surface area contributed by atoms with Crippen molar-refractivity contribution in [2.75, 3.05) is 13.1 Å². The molecule has 7 heteroatoms. The maximum Gasteiger partial charge on any atom is 0.407 e. The number of piperidine rings is 1. The Morgan fingerprint density at radius 2 is 2.00 bits per heavy atom. The third-order valence-electron chi connectivity index (χ3n) is 4.13. The maximum absolute atomic E-state index is 10.9. The summed E-state index contributed by atoms with van der Waals surface area (Å²) >= 11 is 3.39. The molecular formula is C15H19BrN2O4. The summed E-state index contributed by atoms with van der Waals surface area (Å²) in [6.45, 7) is 1.13. The summed E-state index contributed by atoms with van der Waals surface area (Å²) in [5.41, 5.74) is 0. The van der Waals surface area contributed by atoms with Crippen molar-refractivity contribution in [3.63, 3.8) is 0 Å². The largest absolute Gasteiger partial charge is 0.474 e. The molecule has 0 atom stereocenters. The number of carbonyl (C=O) groups is 1. The second-order valence-electron chi connectivity index (χ2n) is 5.75. The van der Waals surface area contributed by atoms with Gasteiger partial charge in [-0.2, -0.15) is 0 Å². The Bertz CT molecular complexity index is 528. The van der Waals surface area contributed by atoms with E-state index in [2.05, 4.69) is 20.9 Å². The fraction of sp³-hybridized carbons (Fsp3) is 0.600. The van der Waals surface area contributed by atoms with Crippen LogP contribution < -0.4 is 4.74 Å². The van der Waals surface area contributed by atoms with Gasteiger partial charge in [0.05, 0.1) is 12.2 Å². The fourth-order valence-electron chi connectivity index (χ4n) is 2.80. The molecule has 1 amide bonds. The monoisotopic (exact) mass is 370 g/mol. The quantitative estimate of drug-likeness (QED) is 0.881. The van der Waals surface area contributed by atoms with Crippen LogP contribution in [0.15, 0.2) is 22.8 Å². The molecule has 0 radical (unpaired) electrons. The minimum Gasteiger partial charge on any atom is -0.474 e. The highest BCUT2D eigenvalue weighted by molar-refractivity contribution is 9.10. The van der Waals surface area contributed by atoms with Gasteiger partial charge < -0.3 is 19.5 Å². The second kappa shape index (κ2) is 6.83. The molecule has 2 aliphatic rings. The van der Waals surface area contributed by atoms with Gasteiger partial charge in [0.15, 0.2) is 0 Å². The van der Waals surface area contributed by atoms with Crippen LogP contribution in [-0.2, 0) is 4.74 Å². The SMILES string of the molecule is O=C(O)N1CCC(OC2CC(Oc3cc(Br)ccn3)C2)CC1. The number of nitrogens with zero attached hydrogens (tertiary/aromatic N) is 2. The Hall–Kier alpha value is -1.34.